The first-order valence-corrected chi connectivity index (χ1v) is 6.42. The average Bonchev–Trinajstić information content (AvgIpc) is 2.19. The molecule has 1 aliphatic heterocycles. The summed E-state index contributed by atoms with van der Waals surface area (Å²) in [5, 5.41) is 1.22. The first-order chi connectivity index (χ1) is 7.04. The van der Waals surface area contributed by atoms with Crippen molar-refractivity contribution in [1.82, 2.24) is 4.67 Å². The van der Waals surface area contributed by atoms with E-state index in [9.17, 15) is 4.57 Å². The Morgan fingerprint density at radius 1 is 1.40 bits per heavy atom. The van der Waals surface area contributed by atoms with Crippen LogP contribution in [0.4, 0.5) is 0 Å². The van der Waals surface area contributed by atoms with Crippen LogP contribution in [0.1, 0.15) is 5.56 Å². The van der Waals surface area contributed by atoms with Gasteiger partial charge in [-0.1, -0.05) is 17.7 Å². The predicted octanol–water partition coefficient (Wildman–Crippen LogP) is 2.72. The highest BCUT2D eigenvalue weighted by Gasteiger charge is 2.33. The van der Waals surface area contributed by atoms with Gasteiger partial charge in [0.25, 0.3) is 0 Å². The minimum absolute atomic E-state index is 0.565. The van der Waals surface area contributed by atoms with E-state index in [0.29, 0.717) is 10.3 Å². The number of rotatable bonds is 1. The van der Waals surface area contributed by atoms with E-state index >= 15 is 0 Å². The molecule has 2 rings (SSSR count). The molecule has 1 atom stereocenters. The van der Waals surface area contributed by atoms with E-state index in [4.69, 9.17) is 16.1 Å². The molecule has 1 aliphatic rings. The van der Waals surface area contributed by atoms with Crippen molar-refractivity contribution >= 4 is 30.5 Å². The van der Waals surface area contributed by atoms with E-state index in [1.165, 1.54) is 6.26 Å². The van der Waals surface area contributed by atoms with E-state index in [1.807, 2.05) is 6.07 Å². The molecule has 1 aromatic rings. The zero-order chi connectivity index (χ0) is 11.1. The van der Waals surface area contributed by atoms with Crippen molar-refractivity contribution in [2.24, 2.45) is 0 Å². The molecule has 0 aromatic heterocycles. The Balaban J connectivity index is 2.65. The van der Waals surface area contributed by atoms with Crippen LogP contribution in [0.2, 0.25) is 5.02 Å². The molecule has 0 saturated heterocycles. The van der Waals surface area contributed by atoms with Crippen molar-refractivity contribution in [1.29, 1.82) is 0 Å². The normalized spacial score (nSPS) is 23.7. The van der Waals surface area contributed by atoms with E-state index in [0.717, 1.165) is 5.56 Å². The SMILES string of the molecule is CN(C)P1(=O)OC=Cc2ccc(Cl)cc21. The largest absolute Gasteiger partial charge is 0.437 e. The van der Waals surface area contributed by atoms with Crippen molar-refractivity contribution in [3.05, 3.63) is 35.0 Å². The Labute approximate surface area is 93.8 Å². The number of hydrogen-bond acceptors (Lipinski definition) is 2. The second kappa shape index (κ2) is 3.67. The molecule has 0 N–H and O–H groups in total. The van der Waals surface area contributed by atoms with Gasteiger partial charge in [0.2, 0.25) is 0 Å². The van der Waals surface area contributed by atoms with E-state index < -0.39 is 7.52 Å². The highest BCUT2D eigenvalue weighted by atomic mass is 35.5. The third-order valence-corrected chi connectivity index (χ3v) is 4.97. The second-order valence-electron chi connectivity index (χ2n) is 3.48. The summed E-state index contributed by atoms with van der Waals surface area (Å²) in [4.78, 5) is 0. The fraction of sp³-hybridized carbons (Fsp3) is 0.200. The van der Waals surface area contributed by atoms with E-state index in [-0.39, 0.29) is 0 Å². The molecule has 0 fully saturated rings. The van der Waals surface area contributed by atoms with Crippen molar-refractivity contribution in [3.63, 3.8) is 0 Å². The molecule has 15 heavy (non-hydrogen) atoms. The minimum atomic E-state index is -2.94. The van der Waals surface area contributed by atoms with Gasteiger partial charge in [-0.25, -0.2) is 4.67 Å². The summed E-state index contributed by atoms with van der Waals surface area (Å²) in [6.45, 7) is 0. The van der Waals surface area contributed by atoms with Crippen LogP contribution < -0.4 is 5.30 Å². The van der Waals surface area contributed by atoms with Gasteiger partial charge < -0.3 is 4.52 Å². The molecular weight excluding hydrogens is 233 g/mol. The van der Waals surface area contributed by atoms with Crippen LogP contribution in [0, 0.1) is 0 Å². The fourth-order valence-corrected chi connectivity index (χ4v) is 3.44. The third kappa shape index (κ3) is 1.71. The molecule has 1 unspecified atom stereocenters. The average molecular weight is 244 g/mol. The van der Waals surface area contributed by atoms with Gasteiger partial charge in [-0.15, -0.1) is 0 Å². The Kier molecular flexibility index (Phi) is 2.63. The monoisotopic (exact) mass is 243 g/mol. The number of halogens is 1. The van der Waals surface area contributed by atoms with Crippen molar-refractivity contribution in [2.45, 2.75) is 0 Å². The molecular formula is C10H11ClNO2P. The maximum atomic E-state index is 12.5. The van der Waals surface area contributed by atoms with Gasteiger partial charge in [-0.2, -0.15) is 0 Å². The quantitative estimate of drug-likeness (QED) is 0.711. The van der Waals surface area contributed by atoms with Crippen LogP contribution in [-0.4, -0.2) is 18.8 Å². The molecule has 80 valence electrons. The molecule has 0 aliphatic carbocycles. The van der Waals surface area contributed by atoms with Gasteiger partial charge in [-0.05, 0) is 37.9 Å². The molecule has 5 heteroatoms. The molecule has 1 aromatic carbocycles. The summed E-state index contributed by atoms with van der Waals surface area (Å²) in [6, 6.07) is 5.31. The van der Waals surface area contributed by atoms with Crippen LogP contribution >= 0.6 is 19.1 Å². The van der Waals surface area contributed by atoms with Gasteiger partial charge in [0.15, 0.2) is 0 Å². The molecule has 3 nitrogen and oxygen atoms in total. The first-order valence-electron chi connectivity index (χ1n) is 4.47. The Hall–Kier alpha value is -0.760. The lowest BCUT2D eigenvalue weighted by molar-refractivity contribution is 0.394. The molecule has 0 saturated carbocycles. The standard InChI is InChI=1S/C10H11ClNO2P/c1-12(2)15(13)10-7-9(11)4-3-8(10)5-6-14-15/h3-7H,1-2H3. The van der Waals surface area contributed by atoms with Crippen LogP contribution in [0.5, 0.6) is 0 Å². The number of fused-ring (bicyclic) bond motifs is 1. The third-order valence-electron chi connectivity index (χ3n) is 2.27. The van der Waals surface area contributed by atoms with Crippen LogP contribution in [0.25, 0.3) is 6.08 Å². The van der Waals surface area contributed by atoms with Crippen LogP contribution in [-0.2, 0) is 9.09 Å². The highest BCUT2D eigenvalue weighted by Crippen LogP contribution is 2.51. The lowest BCUT2D eigenvalue weighted by atomic mass is 10.2. The zero-order valence-electron chi connectivity index (χ0n) is 8.48. The molecule has 0 amide bonds. The first kappa shape index (κ1) is 10.7. The summed E-state index contributed by atoms with van der Waals surface area (Å²) in [7, 11) is 0.513. The van der Waals surface area contributed by atoms with Crippen molar-refractivity contribution < 1.29 is 9.09 Å². The summed E-state index contributed by atoms with van der Waals surface area (Å²) in [6.07, 6.45) is 3.25. The highest BCUT2D eigenvalue weighted by molar-refractivity contribution is 7.65. The van der Waals surface area contributed by atoms with Crippen molar-refractivity contribution in [2.75, 3.05) is 14.1 Å². The number of benzene rings is 1. The summed E-state index contributed by atoms with van der Waals surface area (Å²) in [5.41, 5.74) is 0.891. The number of hydrogen-bond donors (Lipinski definition) is 0. The Morgan fingerprint density at radius 2 is 2.13 bits per heavy atom. The minimum Gasteiger partial charge on any atom is -0.437 e. The molecule has 0 radical (unpaired) electrons. The molecule has 0 spiro atoms. The van der Waals surface area contributed by atoms with Crippen LogP contribution in [0.3, 0.4) is 0 Å². The lowest BCUT2D eigenvalue weighted by Gasteiger charge is -2.27. The fourth-order valence-electron chi connectivity index (χ4n) is 1.46. The summed E-state index contributed by atoms with van der Waals surface area (Å²) in [5.74, 6) is 0. The van der Waals surface area contributed by atoms with Crippen molar-refractivity contribution in [3.8, 4) is 0 Å². The molecule has 0 bridgehead atoms. The topological polar surface area (TPSA) is 29.5 Å². The van der Waals surface area contributed by atoms with Gasteiger partial charge in [-0.3, -0.25) is 4.57 Å². The lowest BCUT2D eigenvalue weighted by Crippen LogP contribution is -2.23. The second-order valence-corrected chi connectivity index (χ2v) is 6.45. The van der Waals surface area contributed by atoms with Gasteiger partial charge in [0.1, 0.15) is 0 Å². The Bertz CT molecular complexity index is 470. The maximum absolute atomic E-state index is 12.5. The predicted molar refractivity (Wildman–Crippen MR) is 62.5 cm³/mol. The number of nitrogens with zero attached hydrogens (tertiary/aromatic N) is 1. The van der Waals surface area contributed by atoms with Gasteiger partial charge in [0.05, 0.1) is 11.6 Å². The zero-order valence-corrected chi connectivity index (χ0v) is 10.1. The van der Waals surface area contributed by atoms with Gasteiger partial charge >= 0.3 is 7.52 Å². The van der Waals surface area contributed by atoms with Gasteiger partial charge in [0, 0.05) is 5.02 Å². The van der Waals surface area contributed by atoms with E-state index in [1.54, 1.807) is 37.0 Å². The Morgan fingerprint density at radius 3 is 2.80 bits per heavy atom. The van der Waals surface area contributed by atoms with Crippen LogP contribution in [0.15, 0.2) is 24.5 Å². The summed E-state index contributed by atoms with van der Waals surface area (Å²) >= 11 is 5.89. The molecule has 1 heterocycles. The summed E-state index contributed by atoms with van der Waals surface area (Å²) < 4.78 is 19.3. The smallest absolute Gasteiger partial charge is 0.349 e. The van der Waals surface area contributed by atoms with E-state index in [2.05, 4.69) is 0 Å². The maximum Gasteiger partial charge on any atom is 0.349 e.